The Labute approximate surface area is 119 Å². The van der Waals surface area contributed by atoms with Gasteiger partial charge >= 0.3 is 6.09 Å². The van der Waals surface area contributed by atoms with Crippen molar-refractivity contribution < 1.29 is 18.7 Å². The van der Waals surface area contributed by atoms with Gasteiger partial charge in [-0.3, -0.25) is 10.1 Å². The summed E-state index contributed by atoms with van der Waals surface area (Å²) in [4.78, 5) is 23.2. The summed E-state index contributed by atoms with van der Waals surface area (Å²) < 4.78 is 18.3. The molecule has 0 bridgehead atoms. The molecule has 2 aromatic carbocycles. The maximum atomic E-state index is 13.5. The molecule has 0 saturated heterocycles. The highest BCUT2D eigenvalue weighted by Crippen LogP contribution is 2.14. The van der Waals surface area contributed by atoms with Crippen LogP contribution in [0.2, 0.25) is 5.02 Å². The van der Waals surface area contributed by atoms with E-state index in [0.29, 0.717) is 0 Å². The molecule has 2 amide bonds. The van der Waals surface area contributed by atoms with E-state index >= 15 is 0 Å². The molecular weight excluding hydrogens is 285 g/mol. The maximum Gasteiger partial charge on any atom is 0.419 e. The highest BCUT2D eigenvalue weighted by molar-refractivity contribution is 6.30. The minimum atomic E-state index is -0.990. The van der Waals surface area contributed by atoms with Crippen LogP contribution in [0.15, 0.2) is 48.5 Å². The molecule has 0 radical (unpaired) electrons. The van der Waals surface area contributed by atoms with E-state index in [1.165, 1.54) is 12.1 Å². The largest absolute Gasteiger partial charge is 0.419 e. The number of benzene rings is 2. The van der Waals surface area contributed by atoms with Gasteiger partial charge in [0.25, 0.3) is 5.91 Å². The molecule has 2 aromatic rings. The third kappa shape index (κ3) is 3.55. The summed E-state index contributed by atoms with van der Waals surface area (Å²) in [5.74, 6) is -1.45. The molecule has 2 rings (SSSR count). The van der Waals surface area contributed by atoms with Crippen LogP contribution in [0.4, 0.5) is 9.18 Å². The molecule has 0 aromatic heterocycles. The normalized spacial score (nSPS) is 9.90. The van der Waals surface area contributed by atoms with Gasteiger partial charge < -0.3 is 4.74 Å². The van der Waals surface area contributed by atoms with E-state index < -0.39 is 17.8 Å². The van der Waals surface area contributed by atoms with Gasteiger partial charge in [-0.15, -0.1) is 0 Å². The SMILES string of the molecule is O=C(NC(=O)c1ccc(Cl)cc1F)Oc1ccccc1. The number of ether oxygens (including phenoxy) is 1. The quantitative estimate of drug-likeness (QED) is 0.923. The van der Waals surface area contributed by atoms with Crippen LogP contribution in [-0.2, 0) is 0 Å². The number of imide groups is 1. The number of nitrogens with one attached hydrogen (secondary N) is 1. The highest BCUT2D eigenvalue weighted by Gasteiger charge is 2.16. The van der Waals surface area contributed by atoms with Crippen LogP contribution in [-0.4, -0.2) is 12.0 Å². The second kappa shape index (κ2) is 6.16. The molecule has 6 heteroatoms. The topological polar surface area (TPSA) is 55.4 Å². The number of rotatable bonds is 2. The Morgan fingerprint density at radius 3 is 2.45 bits per heavy atom. The smallest absolute Gasteiger partial charge is 0.410 e. The zero-order chi connectivity index (χ0) is 14.5. The first kappa shape index (κ1) is 14.0. The number of amides is 2. The first-order valence-electron chi connectivity index (χ1n) is 5.59. The lowest BCUT2D eigenvalue weighted by Gasteiger charge is -2.06. The van der Waals surface area contributed by atoms with Gasteiger partial charge in [-0.2, -0.15) is 0 Å². The Morgan fingerprint density at radius 2 is 1.80 bits per heavy atom. The number of halogens is 2. The second-order valence-corrected chi connectivity index (χ2v) is 4.22. The summed E-state index contributed by atoms with van der Waals surface area (Å²) in [6.07, 6.45) is -0.990. The van der Waals surface area contributed by atoms with Crippen LogP contribution in [0, 0.1) is 5.82 Å². The summed E-state index contributed by atoms with van der Waals surface area (Å²) in [7, 11) is 0. The second-order valence-electron chi connectivity index (χ2n) is 3.78. The maximum absolute atomic E-state index is 13.5. The van der Waals surface area contributed by atoms with Gasteiger partial charge in [-0.05, 0) is 30.3 Å². The number of carbonyl (C=O) groups is 2. The third-order valence-electron chi connectivity index (χ3n) is 2.35. The van der Waals surface area contributed by atoms with E-state index in [0.717, 1.165) is 6.07 Å². The molecular formula is C14H9ClFNO3. The van der Waals surface area contributed by atoms with Gasteiger partial charge in [0.05, 0.1) is 5.56 Å². The minimum Gasteiger partial charge on any atom is -0.410 e. The van der Waals surface area contributed by atoms with Crippen LogP contribution in [0.1, 0.15) is 10.4 Å². The van der Waals surface area contributed by atoms with Crippen molar-refractivity contribution in [3.63, 3.8) is 0 Å². The van der Waals surface area contributed by atoms with E-state index in [2.05, 4.69) is 0 Å². The van der Waals surface area contributed by atoms with Crippen molar-refractivity contribution in [2.75, 3.05) is 0 Å². The summed E-state index contributed by atoms with van der Waals surface area (Å²) >= 11 is 5.57. The van der Waals surface area contributed by atoms with Gasteiger partial charge in [0.15, 0.2) is 0 Å². The number of carbonyl (C=O) groups excluding carboxylic acids is 2. The molecule has 0 aliphatic carbocycles. The molecule has 20 heavy (non-hydrogen) atoms. The zero-order valence-electron chi connectivity index (χ0n) is 10.1. The average Bonchev–Trinajstić information content (AvgIpc) is 2.39. The van der Waals surface area contributed by atoms with Crippen molar-refractivity contribution >= 4 is 23.6 Å². The Balaban J connectivity index is 2.02. The molecule has 0 fully saturated rings. The van der Waals surface area contributed by atoms with E-state index in [4.69, 9.17) is 16.3 Å². The van der Waals surface area contributed by atoms with Crippen molar-refractivity contribution in [1.29, 1.82) is 0 Å². The van der Waals surface area contributed by atoms with E-state index in [1.807, 2.05) is 5.32 Å². The molecule has 102 valence electrons. The molecule has 0 atom stereocenters. The lowest BCUT2D eigenvalue weighted by atomic mass is 10.2. The average molecular weight is 294 g/mol. The molecule has 1 N–H and O–H groups in total. The van der Waals surface area contributed by atoms with Crippen molar-refractivity contribution in [3.05, 3.63) is 64.9 Å². The first-order chi connectivity index (χ1) is 9.56. The molecule has 0 unspecified atom stereocenters. The lowest BCUT2D eigenvalue weighted by molar-refractivity contribution is 0.0947. The Kier molecular flexibility index (Phi) is 4.32. The monoisotopic (exact) mass is 293 g/mol. The fourth-order valence-electron chi connectivity index (χ4n) is 1.45. The van der Waals surface area contributed by atoms with Crippen molar-refractivity contribution in [2.24, 2.45) is 0 Å². The lowest BCUT2D eigenvalue weighted by Crippen LogP contribution is -2.33. The predicted molar refractivity (Wildman–Crippen MR) is 71.3 cm³/mol. The highest BCUT2D eigenvalue weighted by atomic mass is 35.5. The van der Waals surface area contributed by atoms with Crippen LogP contribution in [0.5, 0.6) is 5.75 Å². The third-order valence-corrected chi connectivity index (χ3v) is 2.58. The standard InChI is InChI=1S/C14H9ClFNO3/c15-9-6-7-11(12(16)8-9)13(18)17-14(19)20-10-4-2-1-3-5-10/h1-8H,(H,17,18,19). The fourth-order valence-corrected chi connectivity index (χ4v) is 1.61. The van der Waals surface area contributed by atoms with Crippen LogP contribution < -0.4 is 10.1 Å². The van der Waals surface area contributed by atoms with Gasteiger partial charge in [-0.25, -0.2) is 9.18 Å². The van der Waals surface area contributed by atoms with E-state index in [1.54, 1.807) is 30.3 Å². The van der Waals surface area contributed by atoms with Crippen molar-refractivity contribution in [2.45, 2.75) is 0 Å². The van der Waals surface area contributed by atoms with Crippen LogP contribution >= 0.6 is 11.6 Å². The Morgan fingerprint density at radius 1 is 1.10 bits per heavy atom. The van der Waals surface area contributed by atoms with Gasteiger partial charge in [0.1, 0.15) is 11.6 Å². The van der Waals surface area contributed by atoms with E-state index in [-0.39, 0.29) is 16.3 Å². The predicted octanol–water partition coefficient (Wildman–Crippen LogP) is 3.41. The zero-order valence-corrected chi connectivity index (χ0v) is 10.9. The van der Waals surface area contributed by atoms with Crippen molar-refractivity contribution in [3.8, 4) is 5.75 Å². The molecule has 0 heterocycles. The van der Waals surface area contributed by atoms with Gasteiger partial charge in [-0.1, -0.05) is 29.8 Å². The summed E-state index contributed by atoms with van der Waals surface area (Å²) in [5, 5.41) is 2.08. The molecule has 0 aliphatic heterocycles. The van der Waals surface area contributed by atoms with Crippen LogP contribution in [0.25, 0.3) is 0 Å². The Hall–Kier alpha value is -2.40. The number of hydrogen-bond donors (Lipinski definition) is 1. The molecule has 0 aliphatic rings. The molecule has 0 saturated carbocycles. The van der Waals surface area contributed by atoms with Crippen molar-refractivity contribution in [1.82, 2.24) is 5.32 Å². The van der Waals surface area contributed by atoms with Gasteiger partial charge in [0.2, 0.25) is 0 Å². The molecule has 4 nitrogen and oxygen atoms in total. The number of para-hydroxylation sites is 1. The summed E-state index contributed by atoms with van der Waals surface area (Å²) in [6, 6.07) is 11.7. The Bertz CT molecular complexity index is 646. The summed E-state index contributed by atoms with van der Waals surface area (Å²) in [6.45, 7) is 0. The summed E-state index contributed by atoms with van der Waals surface area (Å²) in [5.41, 5.74) is -0.292. The van der Waals surface area contributed by atoms with Gasteiger partial charge in [0, 0.05) is 5.02 Å². The van der Waals surface area contributed by atoms with Crippen LogP contribution in [0.3, 0.4) is 0 Å². The fraction of sp³-hybridized carbons (Fsp3) is 0. The number of hydrogen-bond acceptors (Lipinski definition) is 3. The minimum absolute atomic E-state index is 0.158. The van der Waals surface area contributed by atoms with E-state index in [9.17, 15) is 14.0 Å². The molecule has 0 spiro atoms. The first-order valence-corrected chi connectivity index (χ1v) is 5.97.